The number of rotatable bonds is 5. The number of carbonyl (C=O) groups is 1. The first kappa shape index (κ1) is 14.2. The van der Waals surface area contributed by atoms with Gasteiger partial charge in [-0.2, -0.15) is 0 Å². The monoisotopic (exact) mass is 254 g/mol. The van der Waals surface area contributed by atoms with Crippen molar-refractivity contribution < 1.29 is 4.79 Å². The van der Waals surface area contributed by atoms with E-state index in [1.165, 1.54) is 4.88 Å². The minimum atomic E-state index is -0.396. The number of likely N-dealkylation sites (N-methyl/N-ethyl adjacent to an activating group) is 1. The van der Waals surface area contributed by atoms with Crippen LogP contribution in [0.25, 0.3) is 0 Å². The molecule has 0 aliphatic heterocycles. The van der Waals surface area contributed by atoms with E-state index < -0.39 is 6.04 Å². The fourth-order valence-corrected chi connectivity index (χ4v) is 2.47. The first-order valence-corrected chi connectivity index (χ1v) is 6.92. The van der Waals surface area contributed by atoms with Crippen molar-refractivity contribution in [1.82, 2.24) is 4.90 Å². The van der Waals surface area contributed by atoms with E-state index in [1.54, 1.807) is 16.2 Å². The van der Waals surface area contributed by atoms with Gasteiger partial charge in [-0.3, -0.25) is 4.79 Å². The number of nitrogens with zero attached hydrogens (tertiary/aromatic N) is 1. The molecule has 0 saturated heterocycles. The van der Waals surface area contributed by atoms with Crippen LogP contribution >= 0.6 is 11.3 Å². The van der Waals surface area contributed by atoms with E-state index in [4.69, 9.17) is 5.73 Å². The van der Waals surface area contributed by atoms with E-state index in [-0.39, 0.29) is 17.9 Å². The molecule has 1 rings (SSSR count). The van der Waals surface area contributed by atoms with Gasteiger partial charge in [-0.1, -0.05) is 26.3 Å². The molecule has 3 nitrogen and oxygen atoms in total. The minimum Gasteiger partial charge on any atom is -0.337 e. The van der Waals surface area contributed by atoms with Crippen LogP contribution in [0, 0.1) is 5.92 Å². The molecule has 2 unspecified atom stereocenters. The maximum Gasteiger partial charge on any atom is 0.240 e. The van der Waals surface area contributed by atoms with Gasteiger partial charge in [0.25, 0.3) is 0 Å². The average Bonchev–Trinajstić information content (AvgIpc) is 2.87. The van der Waals surface area contributed by atoms with Gasteiger partial charge in [0.15, 0.2) is 0 Å². The van der Waals surface area contributed by atoms with Crippen molar-refractivity contribution in [1.29, 1.82) is 0 Å². The molecule has 1 amide bonds. The summed E-state index contributed by atoms with van der Waals surface area (Å²) in [4.78, 5) is 15.1. The molecular weight excluding hydrogens is 232 g/mol. The molecule has 4 heteroatoms. The topological polar surface area (TPSA) is 46.3 Å². The summed E-state index contributed by atoms with van der Waals surface area (Å²) in [5.41, 5.74) is 5.98. The molecule has 1 aromatic heterocycles. The maximum atomic E-state index is 12.2. The van der Waals surface area contributed by atoms with E-state index in [2.05, 4.69) is 6.92 Å². The third-order valence-electron chi connectivity index (χ3n) is 3.43. The second kappa shape index (κ2) is 6.17. The zero-order valence-corrected chi connectivity index (χ0v) is 11.8. The van der Waals surface area contributed by atoms with Crippen molar-refractivity contribution in [3.63, 3.8) is 0 Å². The highest BCUT2D eigenvalue weighted by molar-refractivity contribution is 7.10. The van der Waals surface area contributed by atoms with Crippen molar-refractivity contribution in [2.75, 3.05) is 7.05 Å². The van der Waals surface area contributed by atoms with Crippen molar-refractivity contribution in [2.24, 2.45) is 11.7 Å². The molecule has 0 aliphatic rings. The number of amides is 1. The Hall–Kier alpha value is -0.870. The second-order valence-corrected chi connectivity index (χ2v) is 5.53. The quantitative estimate of drug-likeness (QED) is 0.878. The van der Waals surface area contributed by atoms with Gasteiger partial charge in [0.1, 0.15) is 0 Å². The average molecular weight is 254 g/mol. The number of hydrogen-bond donors (Lipinski definition) is 1. The SMILES string of the molecule is CCC(C)[C@H](N)C(=O)N(C)C(C)c1cccs1. The van der Waals surface area contributed by atoms with Crippen molar-refractivity contribution in [3.05, 3.63) is 22.4 Å². The lowest BCUT2D eigenvalue weighted by molar-refractivity contribution is -0.134. The first-order valence-electron chi connectivity index (χ1n) is 6.04. The third-order valence-corrected chi connectivity index (χ3v) is 4.47. The molecule has 0 aliphatic carbocycles. The molecule has 2 N–H and O–H groups in total. The summed E-state index contributed by atoms with van der Waals surface area (Å²) in [6.45, 7) is 6.11. The predicted molar refractivity (Wildman–Crippen MR) is 72.9 cm³/mol. The zero-order chi connectivity index (χ0) is 13.0. The smallest absolute Gasteiger partial charge is 0.240 e. The summed E-state index contributed by atoms with van der Waals surface area (Å²) in [5, 5.41) is 2.03. The standard InChI is InChI=1S/C13H22N2OS/c1-5-9(2)12(14)13(16)15(4)10(3)11-7-6-8-17-11/h6-10,12H,5,14H2,1-4H3/t9?,10?,12-/m0/s1. The highest BCUT2D eigenvalue weighted by atomic mass is 32.1. The molecule has 0 spiro atoms. The van der Waals surface area contributed by atoms with Gasteiger partial charge < -0.3 is 10.6 Å². The Kier molecular flexibility index (Phi) is 5.15. The largest absolute Gasteiger partial charge is 0.337 e. The Labute approximate surface area is 108 Å². The zero-order valence-electron chi connectivity index (χ0n) is 11.0. The van der Waals surface area contributed by atoms with Crippen LogP contribution in [-0.2, 0) is 4.79 Å². The number of carbonyl (C=O) groups excluding carboxylic acids is 1. The van der Waals surface area contributed by atoms with Gasteiger partial charge in [0.2, 0.25) is 5.91 Å². The highest BCUT2D eigenvalue weighted by Crippen LogP contribution is 2.24. The van der Waals surface area contributed by atoms with Gasteiger partial charge in [-0.05, 0) is 24.3 Å². The maximum absolute atomic E-state index is 12.2. The predicted octanol–water partition coefficient (Wildman–Crippen LogP) is 2.64. The van der Waals surface area contributed by atoms with Gasteiger partial charge in [-0.15, -0.1) is 11.3 Å². The summed E-state index contributed by atoms with van der Waals surface area (Å²) in [6.07, 6.45) is 0.925. The lowest BCUT2D eigenvalue weighted by atomic mass is 9.98. The summed E-state index contributed by atoms with van der Waals surface area (Å²) in [7, 11) is 1.83. The number of hydrogen-bond acceptors (Lipinski definition) is 3. The van der Waals surface area contributed by atoms with Crippen molar-refractivity contribution >= 4 is 17.2 Å². The van der Waals surface area contributed by atoms with Gasteiger partial charge in [0, 0.05) is 11.9 Å². The van der Waals surface area contributed by atoms with Gasteiger partial charge >= 0.3 is 0 Å². The Morgan fingerprint density at radius 2 is 2.18 bits per heavy atom. The molecule has 0 radical (unpaired) electrons. The Morgan fingerprint density at radius 1 is 1.53 bits per heavy atom. The summed E-state index contributed by atoms with van der Waals surface area (Å²) in [6, 6.07) is 3.75. The van der Waals surface area contributed by atoms with Crippen LogP contribution in [0.1, 0.15) is 38.1 Å². The Bertz CT molecular complexity index is 350. The third kappa shape index (κ3) is 3.30. The molecule has 17 heavy (non-hydrogen) atoms. The van der Waals surface area contributed by atoms with Crippen LogP contribution in [0.4, 0.5) is 0 Å². The van der Waals surface area contributed by atoms with E-state index >= 15 is 0 Å². The molecule has 0 saturated carbocycles. The summed E-state index contributed by atoms with van der Waals surface area (Å²) < 4.78 is 0. The van der Waals surface area contributed by atoms with E-state index in [1.807, 2.05) is 38.4 Å². The lowest BCUT2D eigenvalue weighted by Gasteiger charge is -2.29. The van der Waals surface area contributed by atoms with Crippen LogP contribution in [0.15, 0.2) is 17.5 Å². The first-order chi connectivity index (χ1) is 7.99. The molecule has 96 valence electrons. The van der Waals surface area contributed by atoms with E-state index in [0.29, 0.717) is 0 Å². The molecule has 3 atom stereocenters. The van der Waals surface area contributed by atoms with E-state index in [0.717, 1.165) is 6.42 Å². The van der Waals surface area contributed by atoms with Crippen LogP contribution in [0.2, 0.25) is 0 Å². The number of thiophene rings is 1. The van der Waals surface area contributed by atoms with Crippen molar-refractivity contribution in [2.45, 2.75) is 39.3 Å². The Balaban J connectivity index is 2.69. The van der Waals surface area contributed by atoms with Crippen LogP contribution in [-0.4, -0.2) is 23.9 Å². The van der Waals surface area contributed by atoms with Crippen LogP contribution in [0.3, 0.4) is 0 Å². The second-order valence-electron chi connectivity index (χ2n) is 4.55. The van der Waals surface area contributed by atoms with Crippen LogP contribution in [0.5, 0.6) is 0 Å². The molecule has 0 aromatic carbocycles. The summed E-state index contributed by atoms with van der Waals surface area (Å²) >= 11 is 1.67. The molecular formula is C13H22N2OS. The summed E-state index contributed by atoms with van der Waals surface area (Å²) in [5.74, 6) is 0.251. The van der Waals surface area contributed by atoms with Gasteiger partial charge in [0.05, 0.1) is 12.1 Å². The van der Waals surface area contributed by atoms with Crippen LogP contribution < -0.4 is 5.73 Å². The Morgan fingerprint density at radius 3 is 2.65 bits per heavy atom. The van der Waals surface area contributed by atoms with Gasteiger partial charge in [-0.25, -0.2) is 0 Å². The van der Waals surface area contributed by atoms with E-state index in [9.17, 15) is 4.79 Å². The fourth-order valence-electron chi connectivity index (χ4n) is 1.64. The highest BCUT2D eigenvalue weighted by Gasteiger charge is 2.26. The van der Waals surface area contributed by atoms with Crippen molar-refractivity contribution in [3.8, 4) is 0 Å². The minimum absolute atomic E-state index is 0.0280. The molecule has 1 aromatic rings. The molecule has 0 bridgehead atoms. The molecule has 1 heterocycles. The molecule has 0 fully saturated rings. The number of nitrogens with two attached hydrogens (primary N) is 1. The lowest BCUT2D eigenvalue weighted by Crippen LogP contribution is -2.46. The normalized spacial score (nSPS) is 16.3. The fraction of sp³-hybridized carbons (Fsp3) is 0.615.